The molecule has 0 spiro atoms. The summed E-state index contributed by atoms with van der Waals surface area (Å²) in [5, 5.41) is 3.20. The predicted molar refractivity (Wildman–Crippen MR) is 115 cm³/mol. The largest absolute Gasteiger partial charge is 0.446 e. The minimum atomic E-state index is -0.257. The molecule has 1 unspecified atom stereocenters. The molecular weight excluding hydrogens is 360 g/mol. The number of carbonyl (C=O) groups is 1. The second-order valence-corrected chi connectivity index (χ2v) is 8.44. The summed E-state index contributed by atoms with van der Waals surface area (Å²) in [4.78, 5) is 15.1. The van der Waals surface area contributed by atoms with E-state index < -0.39 is 0 Å². The van der Waals surface area contributed by atoms with Crippen LogP contribution in [0, 0.1) is 5.92 Å². The summed E-state index contributed by atoms with van der Waals surface area (Å²) in [5.41, 5.74) is 2.53. The van der Waals surface area contributed by atoms with E-state index in [9.17, 15) is 4.79 Å². The van der Waals surface area contributed by atoms with E-state index in [2.05, 4.69) is 52.7 Å². The van der Waals surface area contributed by atoms with Gasteiger partial charge >= 0.3 is 6.09 Å². The number of piperidine rings is 1. The molecule has 2 aliphatic rings. The van der Waals surface area contributed by atoms with Crippen LogP contribution in [0.4, 0.5) is 4.79 Å². The number of nitrogens with zero attached hydrogens (tertiary/aromatic N) is 1. The van der Waals surface area contributed by atoms with Gasteiger partial charge in [0.25, 0.3) is 0 Å². The van der Waals surface area contributed by atoms with Crippen LogP contribution in [0.3, 0.4) is 0 Å². The summed E-state index contributed by atoms with van der Waals surface area (Å²) in [6.07, 6.45) is 6.43. The van der Waals surface area contributed by atoms with E-state index in [-0.39, 0.29) is 18.2 Å². The summed E-state index contributed by atoms with van der Waals surface area (Å²) in [7, 11) is 0. The highest BCUT2D eigenvalue weighted by atomic mass is 16.6. The lowest BCUT2D eigenvalue weighted by atomic mass is 9.92. The molecule has 0 radical (unpaired) electrons. The smallest absolute Gasteiger partial charge is 0.407 e. The molecule has 2 aromatic carbocycles. The van der Waals surface area contributed by atoms with E-state index >= 15 is 0 Å². The van der Waals surface area contributed by atoms with Crippen LogP contribution in [0.1, 0.15) is 55.7 Å². The first-order chi connectivity index (χ1) is 14.3. The van der Waals surface area contributed by atoms with Crippen LogP contribution < -0.4 is 5.32 Å². The molecule has 1 amide bonds. The van der Waals surface area contributed by atoms with E-state index in [1.54, 1.807) is 0 Å². The van der Waals surface area contributed by atoms with E-state index in [0.717, 1.165) is 32.5 Å². The van der Waals surface area contributed by atoms with Gasteiger partial charge in [0.15, 0.2) is 0 Å². The summed E-state index contributed by atoms with van der Waals surface area (Å²) >= 11 is 0. The van der Waals surface area contributed by atoms with Gasteiger partial charge in [0.1, 0.15) is 6.10 Å². The molecule has 1 saturated carbocycles. The van der Waals surface area contributed by atoms with Crippen molar-refractivity contribution in [1.29, 1.82) is 0 Å². The molecule has 2 aromatic rings. The Morgan fingerprint density at radius 1 is 0.931 bits per heavy atom. The summed E-state index contributed by atoms with van der Waals surface area (Å²) < 4.78 is 5.82. The maximum Gasteiger partial charge on any atom is 0.407 e. The van der Waals surface area contributed by atoms with Crippen molar-refractivity contribution in [2.24, 2.45) is 5.92 Å². The van der Waals surface area contributed by atoms with Crippen molar-refractivity contribution in [3.05, 3.63) is 71.8 Å². The quantitative estimate of drug-likeness (QED) is 0.724. The van der Waals surface area contributed by atoms with E-state index in [1.807, 2.05) is 18.2 Å². The number of amides is 1. The number of hydrogen-bond donors (Lipinski definition) is 1. The first-order valence-corrected chi connectivity index (χ1v) is 11.1. The van der Waals surface area contributed by atoms with Gasteiger partial charge in [0.2, 0.25) is 0 Å². The minimum absolute atomic E-state index is 0.0158. The average molecular weight is 393 g/mol. The summed E-state index contributed by atoms with van der Waals surface area (Å²) in [5.74, 6) is 0.512. The lowest BCUT2D eigenvalue weighted by molar-refractivity contribution is 0.0456. The van der Waals surface area contributed by atoms with Gasteiger partial charge in [-0.2, -0.15) is 0 Å². The van der Waals surface area contributed by atoms with E-state index in [0.29, 0.717) is 5.92 Å². The number of likely N-dealkylation sites (tertiary alicyclic amines) is 1. The number of alkyl carbamates (subject to hydrolysis) is 1. The molecule has 154 valence electrons. The zero-order valence-corrected chi connectivity index (χ0v) is 17.1. The number of nitrogens with one attached hydrogen (secondary N) is 1. The lowest BCUT2D eigenvalue weighted by Gasteiger charge is -2.32. The molecule has 0 aromatic heterocycles. The Kier molecular flexibility index (Phi) is 6.83. The van der Waals surface area contributed by atoms with Crippen molar-refractivity contribution in [2.75, 3.05) is 13.1 Å². The lowest BCUT2D eigenvalue weighted by Crippen LogP contribution is -2.40. The molecule has 2 fully saturated rings. The minimum Gasteiger partial charge on any atom is -0.446 e. The van der Waals surface area contributed by atoms with Gasteiger partial charge < -0.3 is 10.1 Å². The van der Waals surface area contributed by atoms with Gasteiger partial charge in [-0.25, -0.2) is 4.79 Å². The van der Waals surface area contributed by atoms with Crippen LogP contribution in [0.5, 0.6) is 0 Å². The fourth-order valence-corrected chi connectivity index (χ4v) is 4.76. The van der Waals surface area contributed by atoms with Crippen LogP contribution in [-0.2, 0) is 11.3 Å². The monoisotopic (exact) mass is 392 g/mol. The van der Waals surface area contributed by atoms with Gasteiger partial charge in [-0.3, -0.25) is 4.90 Å². The molecule has 1 heterocycles. The van der Waals surface area contributed by atoms with Crippen LogP contribution >= 0.6 is 0 Å². The fourth-order valence-electron chi connectivity index (χ4n) is 4.76. The van der Waals surface area contributed by atoms with Crippen molar-refractivity contribution in [3.63, 3.8) is 0 Å². The van der Waals surface area contributed by atoms with Crippen LogP contribution in [0.25, 0.3) is 0 Å². The number of hydrogen-bond acceptors (Lipinski definition) is 3. The SMILES string of the molecule is O=C(NC(c1ccccc1)C1CCCC1)OC1CCN(Cc2ccccc2)CC1. The molecule has 29 heavy (non-hydrogen) atoms. The third-order valence-corrected chi connectivity index (χ3v) is 6.36. The Labute approximate surface area is 174 Å². The molecule has 0 bridgehead atoms. The van der Waals surface area contributed by atoms with Crippen molar-refractivity contribution in [3.8, 4) is 0 Å². The van der Waals surface area contributed by atoms with Crippen molar-refractivity contribution in [1.82, 2.24) is 10.2 Å². The Hall–Kier alpha value is -2.33. The Balaban J connectivity index is 1.27. The van der Waals surface area contributed by atoms with Crippen molar-refractivity contribution < 1.29 is 9.53 Å². The Bertz CT molecular complexity index is 751. The van der Waals surface area contributed by atoms with Crippen LogP contribution in [0.2, 0.25) is 0 Å². The first-order valence-electron chi connectivity index (χ1n) is 11.1. The van der Waals surface area contributed by atoms with E-state index in [4.69, 9.17) is 4.74 Å². The van der Waals surface area contributed by atoms with Gasteiger partial charge in [0, 0.05) is 19.6 Å². The summed E-state index contributed by atoms with van der Waals surface area (Å²) in [6.45, 7) is 2.91. The number of ether oxygens (including phenoxy) is 1. The van der Waals surface area contributed by atoms with Gasteiger partial charge in [0.05, 0.1) is 6.04 Å². The highest BCUT2D eigenvalue weighted by molar-refractivity contribution is 5.68. The molecule has 1 aliphatic carbocycles. The van der Waals surface area contributed by atoms with Gasteiger partial charge in [-0.1, -0.05) is 73.5 Å². The molecule has 1 N–H and O–H groups in total. The second-order valence-electron chi connectivity index (χ2n) is 8.44. The molecule has 1 saturated heterocycles. The van der Waals surface area contributed by atoms with Crippen molar-refractivity contribution >= 4 is 6.09 Å². The third-order valence-electron chi connectivity index (χ3n) is 6.36. The van der Waals surface area contributed by atoms with E-state index in [1.165, 1.54) is 36.8 Å². The highest BCUT2D eigenvalue weighted by Gasteiger charge is 2.29. The van der Waals surface area contributed by atoms with Crippen molar-refractivity contribution in [2.45, 2.75) is 57.2 Å². The number of carbonyl (C=O) groups excluding carboxylic acids is 1. The highest BCUT2D eigenvalue weighted by Crippen LogP contribution is 2.35. The van der Waals surface area contributed by atoms with Gasteiger partial charge in [-0.05, 0) is 42.7 Å². The topological polar surface area (TPSA) is 41.6 Å². The maximum absolute atomic E-state index is 12.7. The second kappa shape index (κ2) is 9.93. The molecule has 1 aliphatic heterocycles. The average Bonchev–Trinajstić information content (AvgIpc) is 3.29. The van der Waals surface area contributed by atoms with Gasteiger partial charge in [-0.15, -0.1) is 0 Å². The predicted octanol–water partition coefficient (Wildman–Crippen LogP) is 5.31. The standard InChI is InChI=1S/C25H32N2O2/c28-25(26-24(22-13-7-8-14-22)21-11-5-2-6-12-21)29-23-15-17-27(18-16-23)19-20-9-3-1-4-10-20/h1-6,9-12,22-24H,7-8,13-19H2,(H,26,28). The molecule has 1 atom stereocenters. The molecule has 4 nitrogen and oxygen atoms in total. The van der Waals surface area contributed by atoms with Crippen LogP contribution in [0.15, 0.2) is 60.7 Å². The zero-order chi connectivity index (χ0) is 19.9. The normalized spacial score (nSPS) is 19.7. The molecular formula is C25H32N2O2. The third kappa shape index (κ3) is 5.60. The number of benzene rings is 2. The first kappa shape index (κ1) is 20.0. The molecule has 4 heteroatoms. The number of rotatable bonds is 6. The maximum atomic E-state index is 12.7. The molecule has 4 rings (SSSR count). The van der Waals surface area contributed by atoms with Crippen LogP contribution in [-0.4, -0.2) is 30.2 Å². The fraction of sp³-hybridized carbons (Fsp3) is 0.480. The Morgan fingerprint density at radius 3 is 2.21 bits per heavy atom. The summed E-state index contributed by atoms with van der Waals surface area (Å²) in [6, 6.07) is 21.0. The Morgan fingerprint density at radius 2 is 1.55 bits per heavy atom. The zero-order valence-electron chi connectivity index (χ0n) is 17.1.